The van der Waals surface area contributed by atoms with Crippen molar-refractivity contribution >= 4 is 69.2 Å². The number of halogens is 4. The molecule has 0 aliphatic rings. The van der Waals surface area contributed by atoms with Gasteiger partial charge in [0.2, 0.25) is 0 Å². The molecule has 0 fully saturated rings. The van der Waals surface area contributed by atoms with Gasteiger partial charge in [0.15, 0.2) is 0 Å². The molecule has 0 aromatic rings. The standard InChI is InChI=1S/C5H5F2S2.C4H5F2O3S.CHS2.Na.2W.Y.H/c1-4(5(6)7)2-9-3-8;1-3(4(5)6)2-9-10(7)8;2-1-3;;;;;/h2H2,1H3;2H2,1H3;(H,2,3);;;;;/q3*-1;+1;;;;-1. The third-order valence-corrected chi connectivity index (χ3v) is 2.72. The Hall–Kier alpha value is 3.47. The Labute approximate surface area is 250 Å². The zero-order valence-corrected chi connectivity index (χ0v) is 28.5. The molecular weight excluding hydrogens is 884 g/mol. The minimum absolute atomic E-state index is 0. The van der Waals surface area contributed by atoms with E-state index in [0.29, 0.717) is 0 Å². The van der Waals surface area contributed by atoms with Gasteiger partial charge in [-0.25, -0.2) is 0 Å². The van der Waals surface area contributed by atoms with E-state index >= 15 is 0 Å². The summed E-state index contributed by atoms with van der Waals surface area (Å²) in [5.74, 6) is 0.242. The van der Waals surface area contributed by atoms with Crippen LogP contribution < -0.4 is 29.6 Å². The van der Waals surface area contributed by atoms with Gasteiger partial charge in [-0.2, -0.15) is 17.6 Å². The van der Waals surface area contributed by atoms with Crippen LogP contribution in [0.25, 0.3) is 0 Å². The number of rotatable bonds is 6. The molecule has 0 aliphatic carbocycles. The van der Waals surface area contributed by atoms with E-state index in [4.69, 9.17) is 0 Å². The fourth-order valence-electron chi connectivity index (χ4n) is 0.383. The second-order valence-electron chi connectivity index (χ2n) is 3.01. The number of hydrogen-bond donors (Lipinski definition) is 1. The number of thiol groups is 1. The molecule has 0 spiro atoms. The van der Waals surface area contributed by atoms with Crippen molar-refractivity contribution in [1.82, 2.24) is 0 Å². The summed E-state index contributed by atoms with van der Waals surface area (Å²) in [7, 11) is -2.72. The monoisotopic (exact) mass is 896 g/mol. The SMILES string of the molecule is CC(CO[S-](=O)=O)=C(F)F.CC(CS[C-]=S)=C(F)F.S=[C-]S.[H-].[Na+].[W].[W].[Y]. The van der Waals surface area contributed by atoms with Gasteiger partial charge < -0.3 is 72.3 Å². The first-order valence-electron chi connectivity index (χ1n) is 4.88. The zero-order valence-electron chi connectivity index (χ0n) is 14.6. The summed E-state index contributed by atoms with van der Waals surface area (Å²) in [6, 6.07) is 0. The van der Waals surface area contributed by atoms with Crippen LogP contribution in [-0.2, 0) is 98.4 Å². The van der Waals surface area contributed by atoms with E-state index in [1.54, 1.807) is 0 Å². The van der Waals surface area contributed by atoms with Crippen LogP contribution in [0.2, 0.25) is 0 Å². The number of hydrogen-bond acceptors (Lipinski definition) is 7. The molecule has 0 unspecified atom stereocenters. The molecule has 26 heavy (non-hydrogen) atoms. The van der Waals surface area contributed by atoms with Crippen LogP contribution in [0.1, 0.15) is 15.3 Å². The predicted octanol–water partition coefficient (Wildman–Crippen LogP) is 1.98. The van der Waals surface area contributed by atoms with E-state index in [2.05, 4.69) is 45.9 Å². The molecule has 0 aromatic heterocycles. The van der Waals surface area contributed by atoms with Crippen molar-refractivity contribution in [3.63, 3.8) is 0 Å². The van der Waals surface area contributed by atoms with E-state index in [-0.39, 0.29) is 123 Å². The maximum atomic E-state index is 11.6. The molecule has 16 heteroatoms. The Morgan fingerprint density at radius 3 is 1.69 bits per heavy atom. The topological polar surface area (TPSA) is 43.4 Å². The van der Waals surface area contributed by atoms with Crippen LogP contribution in [0.5, 0.6) is 0 Å². The first kappa shape index (κ1) is 47.3. The van der Waals surface area contributed by atoms with Crippen molar-refractivity contribution in [2.24, 2.45) is 0 Å². The smallest absolute Gasteiger partial charge is 1.00 e. The van der Waals surface area contributed by atoms with Gasteiger partial charge in [-0.05, 0) is 25.2 Å². The average Bonchev–Trinajstić information content (AvgIpc) is 2.43. The summed E-state index contributed by atoms with van der Waals surface area (Å²) >= 11 is 12.7. The molecule has 0 heterocycles. The molecule has 0 bridgehead atoms. The summed E-state index contributed by atoms with van der Waals surface area (Å²) < 4.78 is 73.5. The van der Waals surface area contributed by atoms with Crippen LogP contribution in [0.15, 0.2) is 23.3 Å². The van der Waals surface area contributed by atoms with Crippen molar-refractivity contribution in [2.75, 3.05) is 12.4 Å². The Morgan fingerprint density at radius 1 is 1.12 bits per heavy atom. The van der Waals surface area contributed by atoms with Crippen molar-refractivity contribution in [1.29, 1.82) is 0 Å². The normalized spacial score (nSPS) is 7.38. The Bertz CT molecular complexity index is 476. The van der Waals surface area contributed by atoms with Crippen molar-refractivity contribution in [3.05, 3.63) is 23.3 Å². The van der Waals surface area contributed by atoms with Gasteiger partial charge >= 0.3 is 29.6 Å². The largest absolute Gasteiger partial charge is 1.00 e. The van der Waals surface area contributed by atoms with Crippen LogP contribution >= 0.6 is 48.8 Å². The molecule has 3 nitrogen and oxygen atoms in total. The van der Waals surface area contributed by atoms with Crippen molar-refractivity contribution < 1.29 is 136 Å². The first-order chi connectivity index (χ1) is 10.1. The molecular formula is C10H12F4NaO3S5W2Y-3. The molecule has 0 rings (SSSR count). The van der Waals surface area contributed by atoms with Gasteiger partial charge in [0, 0.05) is 80.4 Å². The summed E-state index contributed by atoms with van der Waals surface area (Å²) in [5, 5.41) is 0. The zero-order chi connectivity index (χ0) is 18.1. The van der Waals surface area contributed by atoms with Gasteiger partial charge in [0.1, 0.15) is 0 Å². The minimum Gasteiger partial charge on any atom is -1.00 e. The van der Waals surface area contributed by atoms with Crippen LogP contribution in [0, 0.1) is 0 Å². The second kappa shape index (κ2) is 35.9. The fraction of sp³-hybridized carbons (Fsp3) is 0.400. The average molecular weight is 896 g/mol. The second-order valence-corrected chi connectivity index (χ2v) is 5.63. The van der Waals surface area contributed by atoms with Crippen LogP contribution in [-0.4, -0.2) is 21.8 Å². The minimum atomic E-state index is -2.72. The van der Waals surface area contributed by atoms with E-state index in [1.165, 1.54) is 6.92 Å². The molecule has 0 aromatic carbocycles. The van der Waals surface area contributed by atoms with Crippen LogP contribution in [0.4, 0.5) is 17.6 Å². The fourth-order valence-corrected chi connectivity index (χ4v) is 1.22. The van der Waals surface area contributed by atoms with E-state index in [9.17, 15) is 26.0 Å². The maximum Gasteiger partial charge on any atom is 1.00 e. The van der Waals surface area contributed by atoms with Gasteiger partial charge in [0.05, 0.1) is 17.6 Å². The van der Waals surface area contributed by atoms with Crippen molar-refractivity contribution in [3.8, 4) is 0 Å². The van der Waals surface area contributed by atoms with Crippen molar-refractivity contribution in [2.45, 2.75) is 13.8 Å². The van der Waals surface area contributed by atoms with Crippen LogP contribution in [0.3, 0.4) is 0 Å². The molecule has 0 N–H and O–H groups in total. The molecule has 0 saturated carbocycles. The predicted molar refractivity (Wildman–Crippen MR) is 92.3 cm³/mol. The third kappa shape index (κ3) is 45.9. The van der Waals surface area contributed by atoms with E-state index < -0.39 is 29.8 Å². The summed E-state index contributed by atoms with van der Waals surface area (Å²) in [6.07, 6.45) is -3.53. The molecule has 147 valence electrons. The van der Waals surface area contributed by atoms with E-state index in [1.807, 2.05) is 4.70 Å². The molecule has 0 saturated heterocycles. The van der Waals surface area contributed by atoms with Gasteiger partial charge in [0.25, 0.3) is 12.2 Å². The summed E-state index contributed by atoms with van der Waals surface area (Å²) in [6.45, 7) is 1.87. The maximum absolute atomic E-state index is 11.6. The molecule has 0 amide bonds. The summed E-state index contributed by atoms with van der Waals surface area (Å²) in [5.41, 5.74) is -0.318. The Kier molecular flexibility index (Phi) is 65.3. The quantitative estimate of drug-likeness (QED) is 0.110. The van der Waals surface area contributed by atoms with Gasteiger partial charge in [-0.1, -0.05) is 0 Å². The first-order valence-corrected chi connectivity index (χ1v) is 8.13. The Balaban J connectivity index is -0.0000000335. The van der Waals surface area contributed by atoms with E-state index in [0.717, 1.165) is 18.7 Å². The molecule has 0 aliphatic heterocycles. The molecule has 1 radical (unpaired) electrons. The molecule has 0 atom stereocenters. The number of thiocarbonyl (C=S) groups is 2. The van der Waals surface area contributed by atoms with Gasteiger partial charge in [-0.15, -0.1) is 0 Å². The Morgan fingerprint density at radius 2 is 1.46 bits per heavy atom. The summed E-state index contributed by atoms with van der Waals surface area (Å²) in [4.78, 5) is 0. The number of thioether (sulfide) groups is 1. The van der Waals surface area contributed by atoms with Gasteiger partial charge in [-0.3, -0.25) is 0 Å². The third-order valence-electron chi connectivity index (χ3n) is 1.36.